The second kappa shape index (κ2) is 4.55. The van der Waals surface area contributed by atoms with Crippen LogP contribution in [0.1, 0.15) is 26.2 Å². The van der Waals surface area contributed by atoms with Crippen LogP contribution in [0.25, 0.3) is 0 Å². The quantitative estimate of drug-likeness (QED) is 0.500. The lowest BCUT2D eigenvalue weighted by Crippen LogP contribution is -2.40. The summed E-state index contributed by atoms with van der Waals surface area (Å²) in [5.74, 6) is -0.470. The number of esters is 1. The third kappa shape index (κ3) is 1.80. The van der Waals surface area contributed by atoms with E-state index in [1.54, 1.807) is 6.92 Å². The smallest absolute Gasteiger partial charge is 0.322 e. The fourth-order valence-corrected chi connectivity index (χ4v) is 1.87. The fraction of sp³-hybridized carbons (Fsp3) is 0.800. The molecule has 14 heavy (non-hydrogen) atoms. The molecule has 4 heteroatoms. The highest BCUT2D eigenvalue weighted by Gasteiger charge is 2.49. The first-order chi connectivity index (χ1) is 6.67. The Labute approximate surface area is 83.6 Å². The van der Waals surface area contributed by atoms with Crippen LogP contribution in [-0.4, -0.2) is 32.1 Å². The molecule has 0 aromatic heterocycles. The van der Waals surface area contributed by atoms with Gasteiger partial charge in [0.15, 0.2) is 5.78 Å². The number of carbonyl (C=O) groups excluding carboxylic acids is 2. The summed E-state index contributed by atoms with van der Waals surface area (Å²) in [5.41, 5.74) is -1.01. The molecule has 1 fully saturated rings. The van der Waals surface area contributed by atoms with Gasteiger partial charge in [-0.2, -0.15) is 0 Å². The standard InChI is InChI=1S/C10H16O4/c1-3-14-9(12)10(7-13-2)6-4-5-8(10)11/h3-7H2,1-2H3. The summed E-state index contributed by atoms with van der Waals surface area (Å²) in [6.45, 7) is 2.18. The van der Waals surface area contributed by atoms with Crippen molar-refractivity contribution in [2.24, 2.45) is 5.41 Å². The molecule has 1 atom stereocenters. The van der Waals surface area contributed by atoms with E-state index in [1.807, 2.05) is 0 Å². The van der Waals surface area contributed by atoms with E-state index in [2.05, 4.69) is 0 Å². The minimum absolute atomic E-state index is 0.0437. The van der Waals surface area contributed by atoms with Crippen molar-refractivity contribution < 1.29 is 19.1 Å². The average Bonchev–Trinajstić information content (AvgIpc) is 2.50. The molecule has 0 spiro atoms. The largest absolute Gasteiger partial charge is 0.465 e. The Bertz CT molecular complexity index is 236. The van der Waals surface area contributed by atoms with Crippen molar-refractivity contribution in [2.45, 2.75) is 26.2 Å². The summed E-state index contributed by atoms with van der Waals surface area (Å²) >= 11 is 0. The lowest BCUT2D eigenvalue weighted by molar-refractivity contribution is -0.162. The molecular formula is C10H16O4. The van der Waals surface area contributed by atoms with E-state index < -0.39 is 11.4 Å². The van der Waals surface area contributed by atoms with Crippen LogP contribution in [0.2, 0.25) is 0 Å². The third-order valence-electron chi connectivity index (χ3n) is 2.60. The Hall–Kier alpha value is -0.900. The molecule has 0 heterocycles. The minimum Gasteiger partial charge on any atom is -0.465 e. The van der Waals surface area contributed by atoms with Gasteiger partial charge in [-0.05, 0) is 19.8 Å². The molecule has 0 saturated heterocycles. The number of Topliss-reactive ketones (excluding diaryl/α,β-unsaturated/α-hetero) is 1. The van der Waals surface area contributed by atoms with E-state index in [1.165, 1.54) is 7.11 Å². The van der Waals surface area contributed by atoms with E-state index in [0.29, 0.717) is 19.4 Å². The van der Waals surface area contributed by atoms with Gasteiger partial charge in [0.25, 0.3) is 0 Å². The number of ether oxygens (including phenoxy) is 2. The van der Waals surface area contributed by atoms with Crippen molar-refractivity contribution in [2.75, 3.05) is 20.3 Å². The number of ketones is 1. The maximum Gasteiger partial charge on any atom is 0.322 e. The van der Waals surface area contributed by atoms with Gasteiger partial charge in [0.1, 0.15) is 5.41 Å². The van der Waals surface area contributed by atoms with Crippen LogP contribution in [0.5, 0.6) is 0 Å². The lowest BCUT2D eigenvalue weighted by Gasteiger charge is -2.23. The maximum atomic E-state index is 11.6. The molecule has 0 bridgehead atoms. The molecule has 0 N–H and O–H groups in total. The fourth-order valence-electron chi connectivity index (χ4n) is 1.87. The Balaban J connectivity index is 2.80. The zero-order chi connectivity index (χ0) is 10.6. The van der Waals surface area contributed by atoms with Gasteiger partial charge in [0.2, 0.25) is 0 Å². The molecule has 1 aliphatic rings. The van der Waals surface area contributed by atoms with Crippen LogP contribution in [0.4, 0.5) is 0 Å². The molecule has 0 radical (unpaired) electrons. The van der Waals surface area contributed by atoms with E-state index in [9.17, 15) is 9.59 Å². The second-order valence-corrected chi connectivity index (χ2v) is 3.51. The van der Waals surface area contributed by atoms with Gasteiger partial charge in [0.05, 0.1) is 13.2 Å². The Morgan fingerprint density at radius 2 is 2.29 bits per heavy atom. The van der Waals surface area contributed by atoms with Crippen LogP contribution in [0.3, 0.4) is 0 Å². The molecule has 0 aromatic carbocycles. The highest BCUT2D eigenvalue weighted by Crippen LogP contribution is 2.36. The topological polar surface area (TPSA) is 52.6 Å². The molecule has 1 aliphatic carbocycles. The van der Waals surface area contributed by atoms with E-state index in [-0.39, 0.29) is 12.4 Å². The molecule has 0 aromatic rings. The first-order valence-corrected chi connectivity index (χ1v) is 4.87. The maximum absolute atomic E-state index is 11.6. The van der Waals surface area contributed by atoms with Crippen molar-refractivity contribution in [1.82, 2.24) is 0 Å². The average molecular weight is 200 g/mol. The zero-order valence-corrected chi connectivity index (χ0v) is 8.67. The molecule has 1 rings (SSSR count). The van der Waals surface area contributed by atoms with E-state index in [4.69, 9.17) is 9.47 Å². The summed E-state index contributed by atoms with van der Waals surface area (Å²) in [7, 11) is 1.49. The molecule has 0 aliphatic heterocycles. The summed E-state index contributed by atoms with van der Waals surface area (Å²) in [5, 5.41) is 0. The van der Waals surface area contributed by atoms with Crippen molar-refractivity contribution in [1.29, 1.82) is 0 Å². The molecule has 4 nitrogen and oxygen atoms in total. The van der Waals surface area contributed by atoms with Crippen molar-refractivity contribution in [3.63, 3.8) is 0 Å². The Morgan fingerprint density at radius 3 is 2.71 bits per heavy atom. The molecule has 80 valence electrons. The third-order valence-corrected chi connectivity index (χ3v) is 2.60. The van der Waals surface area contributed by atoms with Gasteiger partial charge >= 0.3 is 5.97 Å². The normalized spacial score (nSPS) is 26.6. The first kappa shape index (κ1) is 11.2. The summed E-state index contributed by atoms with van der Waals surface area (Å²) in [6.07, 6.45) is 1.77. The van der Waals surface area contributed by atoms with Gasteiger partial charge in [-0.1, -0.05) is 0 Å². The van der Waals surface area contributed by atoms with Crippen molar-refractivity contribution in [3.8, 4) is 0 Å². The second-order valence-electron chi connectivity index (χ2n) is 3.51. The van der Waals surface area contributed by atoms with Crippen LogP contribution in [-0.2, 0) is 19.1 Å². The van der Waals surface area contributed by atoms with Gasteiger partial charge in [-0.25, -0.2) is 0 Å². The van der Waals surface area contributed by atoms with Crippen LogP contribution in [0.15, 0.2) is 0 Å². The predicted octanol–water partition coefficient (Wildman–Crippen LogP) is 0.935. The SMILES string of the molecule is CCOC(=O)C1(COC)CCCC1=O. The van der Waals surface area contributed by atoms with Crippen molar-refractivity contribution >= 4 is 11.8 Å². The monoisotopic (exact) mass is 200 g/mol. The summed E-state index contributed by atoms with van der Waals surface area (Å²) in [6, 6.07) is 0. The molecule has 0 amide bonds. The summed E-state index contributed by atoms with van der Waals surface area (Å²) < 4.78 is 9.86. The Morgan fingerprint density at radius 1 is 1.57 bits per heavy atom. The van der Waals surface area contributed by atoms with E-state index in [0.717, 1.165) is 6.42 Å². The van der Waals surface area contributed by atoms with Gasteiger partial charge in [-0.15, -0.1) is 0 Å². The van der Waals surface area contributed by atoms with Crippen LogP contribution < -0.4 is 0 Å². The van der Waals surface area contributed by atoms with Gasteiger partial charge in [0, 0.05) is 13.5 Å². The first-order valence-electron chi connectivity index (χ1n) is 4.87. The Kier molecular flexibility index (Phi) is 3.63. The van der Waals surface area contributed by atoms with Crippen LogP contribution >= 0.6 is 0 Å². The van der Waals surface area contributed by atoms with Crippen LogP contribution in [0, 0.1) is 5.41 Å². The highest BCUT2D eigenvalue weighted by atomic mass is 16.5. The van der Waals surface area contributed by atoms with Gasteiger partial charge in [-0.3, -0.25) is 9.59 Å². The number of carbonyl (C=O) groups is 2. The zero-order valence-electron chi connectivity index (χ0n) is 8.67. The number of hydrogen-bond donors (Lipinski definition) is 0. The molecule has 1 unspecified atom stereocenters. The minimum atomic E-state index is -1.01. The molecular weight excluding hydrogens is 184 g/mol. The summed E-state index contributed by atoms with van der Waals surface area (Å²) in [4.78, 5) is 23.3. The highest BCUT2D eigenvalue weighted by molar-refractivity contribution is 6.05. The number of hydrogen-bond acceptors (Lipinski definition) is 4. The number of rotatable bonds is 4. The van der Waals surface area contributed by atoms with Gasteiger partial charge < -0.3 is 9.47 Å². The number of methoxy groups -OCH3 is 1. The van der Waals surface area contributed by atoms with Crippen molar-refractivity contribution in [3.05, 3.63) is 0 Å². The lowest BCUT2D eigenvalue weighted by atomic mass is 9.86. The van der Waals surface area contributed by atoms with E-state index >= 15 is 0 Å². The molecule has 1 saturated carbocycles. The predicted molar refractivity (Wildman–Crippen MR) is 49.8 cm³/mol.